The molecule has 1 heterocycles. The third-order valence-corrected chi connectivity index (χ3v) is 3.18. The topological polar surface area (TPSA) is 30.5 Å². The van der Waals surface area contributed by atoms with Gasteiger partial charge in [-0.15, -0.1) is 0 Å². The van der Waals surface area contributed by atoms with Crippen LogP contribution in [0.2, 0.25) is 0 Å². The van der Waals surface area contributed by atoms with Crippen LogP contribution in [0, 0.1) is 0 Å². The van der Waals surface area contributed by atoms with Gasteiger partial charge in [-0.1, -0.05) is 6.92 Å². The minimum absolute atomic E-state index is 0.357. The van der Waals surface area contributed by atoms with Crippen LogP contribution in [0.3, 0.4) is 0 Å². The molecule has 2 rings (SSSR count). The fourth-order valence-corrected chi connectivity index (χ4v) is 2.16. The van der Waals surface area contributed by atoms with Crippen molar-refractivity contribution in [2.24, 2.45) is 0 Å². The number of anilines is 1. The van der Waals surface area contributed by atoms with Gasteiger partial charge in [0.15, 0.2) is 0 Å². The molecule has 3 heteroatoms. The van der Waals surface area contributed by atoms with Crippen molar-refractivity contribution in [2.45, 2.75) is 45.3 Å². The highest BCUT2D eigenvalue weighted by Gasteiger charge is 2.21. The number of hydrogen-bond acceptors (Lipinski definition) is 3. The van der Waals surface area contributed by atoms with Crippen LogP contribution in [0.1, 0.15) is 33.1 Å². The van der Waals surface area contributed by atoms with E-state index in [-0.39, 0.29) is 0 Å². The summed E-state index contributed by atoms with van der Waals surface area (Å²) < 4.78 is 11.3. The number of hydrogen-bond donors (Lipinski definition) is 1. The molecule has 2 unspecified atom stereocenters. The molecule has 1 saturated heterocycles. The van der Waals surface area contributed by atoms with Gasteiger partial charge < -0.3 is 14.8 Å². The maximum absolute atomic E-state index is 5.77. The Balaban J connectivity index is 1.76. The van der Waals surface area contributed by atoms with Gasteiger partial charge in [-0.3, -0.25) is 0 Å². The zero-order chi connectivity index (χ0) is 12.8. The molecule has 0 saturated carbocycles. The molecule has 0 aliphatic carbocycles. The smallest absolute Gasteiger partial charge is 0.119 e. The van der Waals surface area contributed by atoms with E-state index in [4.69, 9.17) is 9.47 Å². The minimum Gasteiger partial charge on any atom is -0.494 e. The van der Waals surface area contributed by atoms with Gasteiger partial charge in [-0.2, -0.15) is 0 Å². The molecule has 1 aromatic rings. The molecule has 0 spiro atoms. The molecule has 1 aromatic carbocycles. The molecular formula is C15H23NO2. The molecule has 100 valence electrons. The molecule has 1 aliphatic heterocycles. The lowest BCUT2D eigenvalue weighted by Crippen LogP contribution is -2.19. The number of ether oxygens (including phenoxy) is 2. The van der Waals surface area contributed by atoms with Gasteiger partial charge in [0.1, 0.15) is 5.75 Å². The van der Waals surface area contributed by atoms with E-state index < -0.39 is 0 Å². The van der Waals surface area contributed by atoms with E-state index in [0.29, 0.717) is 12.2 Å². The van der Waals surface area contributed by atoms with Gasteiger partial charge >= 0.3 is 0 Å². The van der Waals surface area contributed by atoms with Crippen molar-refractivity contribution in [3.63, 3.8) is 0 Å². The maximum Gasteiger partial charge on any atom is 0.119 e. The Morgan fingerprint density at radius 3 is 2.67 bits per heavy atom. The first-order valence-electron chi connectivity index (χ1n) is 6.90. The van der Waals surface area contributed by atoms with E-state index in [1.807, 2.05) is 12.1 Å². The zero-order valence-corrected chi connectivity index (χ0v) is 11.3. The largest absolute Gasteiger partial charge is 0.494 e. The summed E-state index contributed by atoms with van der Waals surface area (Å²) in [6.45, 7) is 5.92. The Kier molecular flexibility index (Phi) is 4.88. The Bertz CT molecular complexity index is 350. The van der Waals surface area contributed by atoms with Crippen LogP contribution >= 0.6 is 0 Å². The molecule has 0 amide bonds. The second kappa shape index (κ2) is 6.64. The van der Waals surface area contributed by atoms with Crippen molar-refractivity contribution in [3.05, 3.63) is 24.3 Å². The lowest BCUT2D eigenvalue weighted by atomic mass is 10.2. The summed E-state index contributed by atoms with van der Waals surface area (Å²) in [4.78, 5) is 0. The number of rotatable bonds is 6. The summed E-state index contributed by atoms with van der Waals surface area (Å²) in [5, 5.41) is 3.41. The fourth-order valence-electron chi connectivity index (χ4n) is 2.16. The van der Waals surface area contributed by atoms with Crippen LogP contribution < -0.4 is 10.1 Å². The molecule has 18 heavy (non-hydrogen) atoms. The van der Waals surface area contributed by atoms with Crippen LogP contribution in [-0.2, 0) is 4.74 Å². The lowest BCUT2D eigenvalue weighted by Gasteiger charge is -2.13. The first kappa shape index (κ1) is 13.2. The van der Waals surface area contributed by atoms with E-state index >= 15 is 0 Å². The summed E-state index contributed by atoms with van der Waals surface area (Å²) in [5.74, 6) is 0.938. The van der Waals surface area contributed by atoms with Crippen LogP contribution in [0.15, 0.2) is 24.3 Å². The molecule has 0 aromatic heterocycles. The van der Waals surface area contributed by atoms with Gasteiger partial charge in [0.25, 0.3) is 0 Å². The molecule has 1 aliphatic rings. The fraction of sp³-hybridized carbons (Fsp3) is 0.600. The lowest BCUT2D eigenvalue weighted by molar-refractivity contribution is 0.0637. The van der Waals surface area contributed by atoms with E-state index in [1.54, 1.807) is 0 Å². The molecule has 3 nitrogen and oxygen atoms in total. The molecule has 1 N–H and O–H groups in total. The van der Waals surface area contributed by atoms with E-state index in [1.165, 1.54) is 6.42 Å². The molecule has 0 radical (unpaired) electrons. The van der Waals surface area contributed by atoms with Gasteiger partial charge in [0.05, 0.1) is 18.8 Å². The molecule has 1 fully saturated rings. The second-order valence-corrected chi connectivity index (χ2v) is 4.90. The van der Waals surface area contributed by atoms with Crippen LogP contribution in [-0.4, -0.2) is 25.4 Å². The normalized spacial score (nSPS) is 23.0. The SMILES string of the molecule is CCCOc1ccc(NCC2CCC(C)O2)cc1. The number of nitrogens with one attached hydrogen (secondary N) is 1. The highest BCUT2D eigenvalue weighted by Crippen LogP contribution is 2.20. The second-order valence-electron chi connectivity index (χ2n) is 4.90. The van der Waals surface area contributed by atoms with Crippen LogP contribution in [0.4, 0.5) is 5.69 Å². The quantitative estimate of drug-likeness (QED) is 0.837. The highest BCUT2D eigenvalue weighted by atomic mass is 16.5. The standard InChI is InChI=1S/C15H23NO2/c1-3-10-17-14-8-5-13(6-9-14)16-11-15-7-4-12(2)18-15/h5-6,8-9,12,15-16H,3-4,7,10-11H2,1-2H3. The third kappa shape index (κ3) is 3.91. The van der Waals surface area contributed by atoms with Crippen molar-refractivity contribution >= 4 is 5.69 Å². The van der Waals surface area contributed by atoms with Crippen LogP contribution in [0.5, 0.6) is 5.75 Å². The Hall–Kier alpha value is -1.22. The van der Waals surface area contributed by atoms with Crippen molar-refractivity contribution in [2.75, 3.05) is 18.5 Å². The Labute approximate surface area is 109 Å². The predicted octanol–water partition coefficient (Wildman–Crippen LogP) is 3.45. The van der Waals surface area contributed by atoms with E-state index in [2.05, 4.69) is 31.3 Å². The van der Waals surface area contributed by atoms with Gasteiger partial charge in [-0.25, -0.2) is 0 Å². The summed E-state index contributed by atoms with van der Waals surface area (Å²) >= 11 is 0. The first-order valence-corrected chi connectivity index (χ1v) is 6.90. The van der Waals surface area contributed by atoms with Gasteiger partial charge in [0, 0.05) is 12.2 Å². The minimum atomic E-state index is 0.357. The van der Waals surface area contributed by atoms with Crippen molar-refractivity contribution in [1.29, 1.82) is 0 Å². The highest BCUT2D eigenvalue weighted by molar-refractivity contribution is 5.46. The van der Waals surface area contributed by atoms with Crippen molar-refractivity contribution in [3.8, 4) is 5.75 Å². The average Bonchev–Trinajstić information content (AvgIpc) is 2.81. The maximum atomic E-state index is 5.77. The van der Waals surface area contributed by atoms with Gasteiger partial charge in [0.2, 0.25) is 0 Å². The monoisotopic (exact) mass is 249 g/mol. The predicted molar refractivity (Wildman–Crippen MR) is 74.3 cm³/mol. The van der Waals surface area contributed by atoms with Crippen LogP contribution in [0.25, 0.3) is 0 Å². The van der Waals surface area contributed by atoms with E-state index in [0.717, 1.165) is 37.4 Å². The molecule has 2 atom stereocenters. The summed E-state index contributed by atoms with van der Waals surface area (Å²) in [6.07, 6.45) is 4.15. The number of benzene rings is 1. The summed E-state index contributed by atoms with van der Waals surface area (Å²) in [6, 6.07) is 8.14. The zero-order valence-electron chi connectivity index (χ0n) is 11.3. The van der Waals surface area contributed by atoms with Gasteiger partial charge in [-0.05, 0) is 50.5 Å². The Morgan fingerprint density at radius 2 is 2.06 bits per heavy atom. The third-order valence-electron chi connectivity index (χ3n) is 3.18. The average molecular weight is 249 g/mol. The summed E-state index contributed by atoms with van der Waals surface area (Å²) in [5.41, 5.74) is 1.13. The first-order chi connectivity index (χ1) is 8.78. The Morgan fingerprint density at radius 1 is 1.28 bits per heavy atom. The van der Waals surface area contributed by atoms with E-state index in [9.17, 15) is 0 Å². The van der Waals surface area contributed by atoms with Crippen molar-refractivity contribution in [1.82, 2.24) is 0 Å². The summed E-state index contributed by atoms with van der Waals surface area (Å²) in [7, 11) is 0. The molecule has 0 bridgehead atoms. The molecular weight excluding hydrogens is 226 g/mol. The van der Waals surface area contributed by atoms with Crippen molar-refractivity contribution < 1.29 is 9.47 Å².